The molecule has 0 radical (unpaired) electrons. The molecule has 1 aliphatic rings. The lowest BCUT2D eigenvalue weighted by Gasteiger charge is -2.33. The van der Waals surface area contributed by atoms with Crippen LogP contribution in [0.1, 0.15) is 25.3 Å². The van der Waals surface area contributed by atoms with E-state index in [9.17, 15) is 18.0 Å². The molecule has 1 aromatic carbocycles. The maximum Gasteiger partial charge on any atom is 0.323 e. The van der Waals surface area contributed by atoms with E-state index in [2.05, 4.69) is 0 Å². The molecule has 7 nitrogen and oxygen atoms in total. The Morgan fingerprint density at radius 3 is 2.32 bits per heavy atom. The van der Waals surface area contributed by atoms with Gasteiger partial charge in [-0.1, -0.05) is 30.3 Å². The number of carboxylic acids is 1. The highest BCUT2D eigenvalue weighted by Crippen LogP contribution is 2.22. The maximum atomic E-state index is 12.8. The minimum atomic E-state index is -3.24. The highest BCUT2D eigenvalue weighted by molar-refractivity contribution is 7.89. The van der Waals surface area contributed by atoms with E-state index in [4.69, 9.17) is 5.11 Å². The molecule has 1 amide bonds. The van der Waals surface area contributed by atoms with Crippen LogP contribution in [0, 0.1) is 5.92 Å². The van der Waals surface area contributed by atoms with Gasteiger partial charge in [0, 0.05) is 25.6 Å². The van der Waals surface area contributed by atoms with Crippen molar-refractivity contribution in [1.82, 2.24) is 9.21 Å². The van der Waals surface area contributed by atoms with Gasteiger partial charge in [-0.25, -0.2) is 12.7 Å². The normalized spacial score (nSPS) is 16.5. The molecule has 1 saturated heterocycles. The third-order valence-electron chi connectivity index (χ3n) is 4.42. The third kappa shape index (κ3) is 5.27. The summed E-state index contributed by atoms with van der Waals surface area (Å²) < 4.78 is 25.2. The zero-order chi connectivity index (χ0) is 18.4. The molecule has 2 rings (SSSR count). The number of carbonyl (C=O) groups excluding carboxylic acids is 1. The van der Waals surface area contributed by atoms with Gasteiger partial charge in [0.05, 0.1) is 5.75 Å². The SMILES string of the molecule is CCS(=O)(=O)N1CCC(C(=O)N(CC(=O)O)Cc2ccccc2)CC1. The summed E-state index contributed by atoms with van der Waals surface area (Å²) in [6.07, 6.45) is 0.839. The number of nitrogens with zero attached hydrogens (tertiary/aromatic N) is 2. The highest BCUT2D eigenvalue weighted by Gasteiger charge is 2.32. The van der Waals surface area contributed by atoms with Crippen molar-refractivity contribution >= 4 is 21.9 Å². The van der Waals surface area contributed by atoms with Crippen LogP contribution in [0.3, 0.4) is 0 Å². The summed E-state index contributed by atoms with van der Waals surface area (Å²) in [6.45, 7) is 2.08. The number of carboxylic acid groups (broad SMARTS) is 1. The second kappa shape index (κ2) is 8.44. The standard InChI is InChI=1S/C17H24N2O5S/c1-2-25(23,24)19-10-8-15(9-11-19)17(22)18(13-16(20)21)12-14-6-4-3-5-7-14/h3-7,15H,2,8-13H2,1H3,(H,20,21). The molecule has 138 valence electrons. The molecule has 0 spiro atoms. The number of hydrogen-bond acceptors (Lipinski definition) is 4. The van der Waals surface area contributed by atoms with Gasteiger partial charge in [-0.05, 0) is 25.3 Å². The second-order valence-corrected chi connectivity index (χ2v) is 8.41. The number of piperidine rings is 1. The van der Waals surface area contributed by atoms with E-state index in [0.717, 1.165) is 5.56 Å². The van der Waals surface area contributed by atoms with E-state index in [1.165, 1.54) is 9.21 Å². The van der Waals surface area contributed by atoms with Crippen molar-refractivity contribution in [3.8, 4) is 0 Å². The Morgan fingerprint density at radius 1 is 1.20 bits per heavy atom. The number of sulfonamides is 1. The Kier molecular flexibility index (Phi) is 6.55. The Morgan fingerprint density at radius 2 is 1.80 bits per heavy atom. The topological polar surface area (TPSA) is 95.0 Å². The largest absolute Gasteiger partial charge is 0.480 e. The van der Waals surface area contributed by atoms with Crippen LogP contribution in [-0.2, 0) is 26.2 Å². The van der Waals surface area contributed by atoms with Gasteiger partial charge in [0.25, 0.3) is 0 Å². The summed E-state index contributed by atoms with van der Waals surface area (Å²) in [5.74, 6) is -1.58. The van der Waals surface area contributed by atoms with E-state index in [0.29, 0.717) is 25.9 Å². The molecular formula is C17H24N2O5S. The predicted molar refractivity (Wildman–Crippen MR) is 93.3 cm³/mol. The van der Waals surface area contributed by atoms with Crippen LogP contribution in [-0.4, -0.2) is 60.0 Å². The van der Waals surface area contributed by atoms with Crippen molar-refractivity contribution in [2.75, 3.05) is 25.4 Å². The minimum Gasteiger partial charge on any atom is -0.480 e. The molecule has 0 aliphatic carbocycles. The van der Waals surface area contributed by atoms with Gasteiger partial charge in [-0.2, -0.15) is 0 Å². The first-order valence-corrected chi connectivity index (χ1v) is 9.96. The lowest BCUT2D eigenvalue weighted by molar-refractivity contribution is -0.147. The average molecular weight is 368 g/mol. The van der Waals surface area contributed by atoms with Crippen molar-refractivity contribution in [1.29, 1.82) is 0 Å². The first kappa shape index (κ1) is 19.4. The highest BCUT2D eigenvalue weighted by atomic mass is 32.2. The van der Waals surface area contributed by atoms with E-state index in [-0.39, 0.29) is 30.7 Å². The molecule has 1 aliphatic heterocycles. The number of rotatable bonds is 7. The first-order valence-electron chi connectivity index (χ1n) is 8.36. The number of amides is 1. The van der Waals surface area contributed by atoms with E-state index >= 15 is 0 Å². The molecule has 0 unspecified atom stereocenters. The van der Waals surface area contributed by atoms with Gasteiger partial charge in [0.15, 0.2) is 0 Å². The molecule has 8 heteroatoms. The molecule has 1 aromatic rings. The summed E-state index contributed by atoms with van der Waals surface area (Å²) >= 11 is 0. The fraction of sp³-hybridized carbons (Fsp3) is 0.529. The van der Waals surface area contributed by atoms with Crippen molar-refractivity contribution in [2.45, 2.75) is 26.3 Å². The van der Waals surface area contributed by atoms with E-state index < -0.39 is 16.0 Å². The molecule has 0 atom stereocenters. The number of aliphatic carboxylic acids is 1. The summed E-state index contributed by atoms with van der Waals surface area (Å²) in [4.78, 5) is 25.2. The first-order chi connectivity index (χ1) is 11.8. The summed E-state index contributed by atoms with van der Waals surface area (Å²) in [5.41, 5.74) is 0.864. The average Bonchev–Trinajstić information content (AvgIpc) is 2.61. The van der Waals surface area contributed by atoms with Gasteiger partial charge >= 0.3 is 5.97 Å². The van der Waals surface area contributed by atoms with Crippen LogP contribution in [0.2, 0.25) is 0 Å². The fourth-order valence-electron chi connectivity index (χ4n) is 3.00. The third-order valence-corrected chi connectivity index (χ3v) is 6.30. The Bertz CT molecular complexity index is 697. The quantitative estimate of drug-likeness (QED) is 0.779. The Labute approximate surface area is 148 Å². The molecule has 1 heterocycles. The van der Waals surface area contributed by atoms with Gasteiger partial charge in [-0.15, -0.1) is 0 Å². The monoisotopic (exact) mass is 368 g/mol. The minimum absolute atomic E-state index is 0.0464. The van der Waals surface area contributed by atoms with Gasteiger partial charge in [0.2, 0.25) is 15.9 Å². The zero-order valence-electron chi connectivity index (χ0n) is 14.3. The summed E-state index contributed by atoms with van der Waals surface area (Å²) in [5, 5.41) is 9.11. The smallest absolute Gasteiger partial charge is 0.323 e. The maximum absolute atomic E-state index is 12.8. The molecule has 1 fully saturated rings. The van der Waals surface area contributed by atoms with Crippen LogP contribution < -0.4 is 0 Å². The van der Waals surface area contributed by atoms with Crippen LogP contribution in [0.5, 0.6) is 0 Å². The molecule has 0 aromatic heterocycles. The Hall–Kier alpha value is -1.93. The lowest BCUT2D eigenvalue weighted by atomic mass is 9.96. The number of benzene rings is 1. The molecule has 0 bridgehead atoms. The van der Waals surface area contributed by atoms with Crippen molar-refractivity contribution < 1.29 is 23.1 Å². The van der Waals surface area contributed by atoms with E-state index in [1.807, 2.05) is 30.3 Å². The molecule has 1 N–H and O–H groups in total. The fourth-order valence-corrected chi connectivity index (χ4v) is 4.13. The van der Waals surface area contributed by atoms with Crippen molar-refractivity contribution in [2.24, 2.45) is 5.92 Å². The van der Waals surface area contributed by atoms with Crippen molar-refractivity contribution in [3.63, 3.8) is 0 Å². The number of carbonyl (C=O) groups is 2. The van der Waals surface area contributed by atoms with Gasteiger partial charge < -0.3 is 10.0 Å². The second-order valence-electron chi connectivity index (χ2n) is 6.15. The van der Waals surface area contributed by atoms with Crippen LogP contribution in [0.15, 0.2) is 30.3 Å². The summed E-state index contributed by atoms with van der Waals surface area (Å²) in [7, 11) is -3.24. The van der Waals surface area contributed by atoms with Crippen LogP contribution >= 0.6 is 0 Å². The van der Waals surface area contributed by atoms with E-state index in [1.54, 1.807) is 6.92 Å². The predicted octanol–water partition coefficient (Wildman–Crippen LogP) is 1.16. The molecular weight excluding hydrogens is 344 g/mol. The number of hydrogen-bond donors (Lipinski definition) is 1. The molecule has 25 heavy (non-hydrogen) atoms. The summed E-state index contributed by atoms with van der Waals surface area (Å²) in [6, 6.07) is 9.23. The molecule has 0 saturated carbocycles. The van der Waals surface area contributed by atoms with Crippen LogP contribution in [0.25, 0.3) is 0 Å². The van der Waals surface area contributed by atoms with Gasteiger partial charge in [0.1, 0.15) is 6.54 Å². The lowest BCUT2D eigenvalue weighted by Crippen LogP contribution is -2.45. The zero-order valence-corrected chi connectivity index (χ0v) is 15.1. The van der Waals surface area contributed by atoms with Crippen LogP contribution in [0.4, 0.5) is 0 Å². The van der Waals surface area contributed by atoms with Gasteiger partial charge in [-0.3, -0.25) is 9.59 Å². The van der Waals surface area contributed by atoms with Crippen molar-refractivity contribution in [3.05, 3.63) is 35.9 Å². The Balaban J connectivity index is 2.03.